The van der Waals surface area contributed by atoms with E-state index >= 15 is 0 Å². The van der Waals surface area contributed by atoms with Crippen LogP contribution >= 0.6 is 46.9 Å². The summed E-state index contributed by atoms with van der Waals surface area (Å²) in [7, 11) is -7.67. The van der Waals surface area contributed by atoms with Crippen molar-refractivity contribution in [3.8, 4) is 11.5 Å². The van der Waals surface area contributed by atoms with E-state index in [4.69, 9.17) is 45.9 Å². The van der Waals surface area contributed by atoms with Crippen molar-refractivity contribution < 1.29 is 42.9 Å². The molecule has 16 nitrogen and oxygen atoms in total. The van der Waals surface area contributed by atoms with Gasteiger partial charge in [-0.15, -0.1) is 5.10 Å². The molecule has 0 aliphatic carbocycles. The third-order valence-electron chi connectivity index (χ3n) is 4.78. The van der Waals surface area contributed by atoms with Gasteiger partial charge in [-0.1, -0.05) is 16.9 Å². The quantitative estimate of drug-likeness (QED) is 0.0667. The Labute approximate surface area is 258 Å². The Hall–Kier alpha value is -1.94. The van der Waals surface area contributed by atoms with Gasteiger partial charge >= 0.3 is 22.3 Å². The summed E-state index contributed by atoms with van der Waals surface area (Å²) in [5.41, 5.74) is 1.66. The minimum absolute atomic E-state index is 0.188. The molecule has 1 unspecified atom stereocenters. The van der Waals surface area contributed by atoms with Crippen LogP contribution in [0.3, 0.4) is 0 Å². The Balaban J connectivity index is 1.79. The lowest BCUT2D eigenvalue weighted by Gasteiger charge is -2.22. The molecule has 23 heteroatoms. The molecule has 1 amide bonds. The Morgan fingerprint density at radius 1 is 1.07 bits per heavy atom. The van der Waals surface area contributed by atoms with Gasteiger partial charge in [0.25, 0.3) is 0 Å². The lowest BCUT2D eigenvalue weighted by molar-refractivity contribution is -0.121. The Kier molecular flexibility index (Phi) is 16.3. The van der Waals surface area contributed by atoms with Gasteiger partial charge in [-0.2, -0.15) is 4.52 Å². The molecule has 0 saturated carbocycles. The number of nitrogens with one attached hydrogen (secondary N) is 2. The van der Waals surface area contributed by atoms with E-state index in [1.54, 1.807) is 61.8 Å². The largest absolute Gasteiger partial charge is 0.540 e. The van der Waals surface area contributed by atoms with Gasteiger partial charge in [0.15, 0.2) is 11.5 Å². The summed E-state index contributed by atoms with van der Waals surface area (Å²) in [5, 5.41) is 13.9. The van der Waals surface area contributed by atoms with E-state index in [1.165, 1.54) is 4.78 Å². The number of benzene rings is 2. The fourth-order valence-electron chi connectivity index (χ4n) is 3.06. The van der Waals surface area contributed by atoms with Gasteiger partial charge in [0.05, 0.1) is 35.9 Å². The molecule has 0 aliphatic rings. The highest BCUT2D eigenvalue weighted by Gasteiger charge is 2.27. The third kappa shape index (κ3) is 17.2. The van der Waals surface area contributed by atoms with Crippen LogP contribution in [-0.4, -0.2) is 74.1 Å². The van der Waals surface area contributed by atoms with Crippen molar-refractivity contribution in [2.75, 3.05) is 32.7 Å². The number of amides is 1. The summed E-state index contributed by atoms with van der Waals surface area (Å²) in [6, 6.07) is 14.1. The highest BCUT2D eigenvalue weighted by molar-refractivity contribution is 8.02. The molecule has 0 heterocycles. The van der Waals surface area contributed by atoms with E-state index in [2.05, 4.69) is 19.8 Å². The third-order valence-corrected chi connectivity index (χ3v) is 10.1. The second-order valence-electron chi connectivity index (χ2n) is 8.36. The van der Waals surface area contributed by atoms with Gasteiger partial charge in [-0.05, 0) is 58.9 Å². The van der Waals surface area contributed by atoms with Crippen molar-refractivity contribution in [1.82, 2.24) is 15.0 Å². The first-order valence-corrected chi connectivity index (χ1v) is 20.8. The molecule has 232 valence electrons. The maximum Gasteiger partial charge on any atom is 0.540 e. The molecule has 0 aromatic heterocycles. The van der Waals surface area contributed by atoms with Gasteiger partial charge in [-0.25, -0.2) is 0 Å². The zero-order chi connectivity index (χ0) is 31.9. The Bertz CT molecular complexity index is 1400. The van der Waals surface area contributed by atoms with Crippen LogP contribution in [0.1, 0.15) is 11.1 Å². The summed E-state index contributed by atoms with van der Waals surface area (Å²) in [5.74, 6) is 0.431. The zero-order valence-electron chi connectivity index (χ0n) is 22.4. The highest BCUT2D eigenvalue weighted by Crippen LogP contribution is 2.40. The molecule has 2 aromatic rings. The summed E-state index contributed by atoms with van der Waals surface area (Å²) in [6.45, 7) is -0.394. The fourth-order valence-corrected chi connectivity index (χ4v) is 6.85. The molecule has 0 saturated heterocycles. The lowest BCUT2D eigenvalue weighted by atomic mass is 10.1. The molecule has 43 heavy (non-hydrogen) atoms. The van der Waals surface area contributed by atoms with E-state index in [9.17, 15) is 13.9 Å². The minimum atomic E-state index is -4.63. The first-order chi connectivity index (χ1) is 20.2. The van der Waals surface area contributed by atoms with E-state index in [0.717, 1.165) is 16.0 Å². The van der Waals surface area contributed by atoms with E-state index in [-0.39, 0.29) is 6.54 Å². The molecule has 0 spiro atoms. The van der Waals surface area contributed by atoms with Gasteiger partial charge in [-0.3, -0.25) is 28.5 Å². The summed E-state index contributed by atoms with van der Waals surface area (Å²) < 4.78 is 33.7. The van der Waals surface area contributed by atoms with E-state index < -0.39 is 47.3 Å². The molecular weight excluding hydrogens is 700 g/mol. The number of hydrazone groups is 1. The summed E-state index contributed by atoms with van der Waals surface area (Å²) in [6.07, 6.45) is 0.142. The number of nitrogens with zero attached hydrogens (tertiary/aromatic N) is 5. The summed E-state index contributed by atoms with van der Waals surface area (Å²) in [4.78, 5) is 58.3. The smallest absolute Gasteiger partial charge is 0.355 e. The topological polar surface area (TPSA) is 230 Å². The highest BCUT2D eigenvalue weighted by atomic mass is 32.4. The first-order valence-electron chi connectivity index (χ1n) is 11.8. The van der Waals surface area contributed by atoms with Crippen molar-refractivity contribution in [1.29, 1.82) is 5.16 Å². The molecule has 0 radical (unpaired) electrons. The van der Waals surface area contributed by atoms with Crippen LogP contribution in [0.15, 0.2) is 63.1 Å². The van der Waals surface area contributed by atoms with Crippen molar-refractivity contribution in [2.24, 2.45) is 14.5 Å². The molecule has 2 rings (SSSR count). The molecule has 0 fully saturated rings. The van der Waals surface area contributed by atoms with E-state index in [1.807, 2.05) is 0 Å². The summed E-state index contributed by atoms with van der Waals surface area (Å²) >= 11 is 5.44. The first kappa shape index (κ1) is 37.2. The van der Waals surface area contributed by atoms with Crippen LogP contribution in [0.4, 0.5) is 0 Å². The standard InChI is InChI=1S/C20H27N7O9P6S/c1-26(23-12-17-4-6-18(7-5-17)35-24-38-25-39-37-21)40(43)36-19-8-2-16(3-9-19)10-11-22-20(28)13-27(14-41(29,30)31)15-42(32,33)34/h2-9,12,21H,10-11,13-15H2,1H3,(H4-,22,28,29,30,31,32,33,34)/p+1. The second-order valence-corrected chi connectivity index (χ2v) is 16.3. The van der Waals surface area contributed by atoms with Crippen LogP contribution in [-0.2, 0) is 32.2 Å². The van der Waals surface area contributed by atoms with Crippen molar-refractivity contribution in [2.45, 2.75) is 6.42 Å². The average molecular weight is 728 g/mol. The number of hydrogen-bond donors (Lipinski definition) is 6. The molecule has 1 atom stereocenters. The van der Waals surface area contributed by atoms with Crippen LogP contribution in [0.2, 0.25) is 0 Å². The van der Waals surface area contributed by atoms with Crippen LogP contribution in [0.25, 0.3) is 0 Å². The fraction of sp³-hybridized carbons (Fsp3) is 0.300. The molecule has 6 N–H and O–H groups in total. The SMILES string of the molecule is CN(N=Cc1ccc(ON=PN=PP=N)cc1)[P+](=S)Oc1ccc(CCNC(=O)CN(CP(=O)(O)O)CP(=O)(O)O)cc1. The second kappa shape index (κ2) is 18.8. The monoisotopic (exact) mass is 728 g/mol. The zero-order valence-corrected chi connectivity index (χ0v) is 28.6. The molecule has 2 aromatic carbocycles. The predicted molar refractivity (Wildman–Crippen MR) is 169 cm³/mol. The number of carbonyl (C=O) groups excluding carboxylic acids is 1. The van der Waals surface area contributed by atoms with Crippen LogP contribution in [0, 0.1) is 5.16 Å². The van der Waals surface area contributed by atoms with E-state index in [0.29, 0.717) is 42.6 Å². The predicted octanol–water partition coefficient (Wildman–Crippen LogP) is 5.13. The Morgan fingerprint density at radius 3 is 2.26 bits per heavy atom. The number of rotatable bonds is 18. The van der Waals surface area contributed by atoms with Gasteiger partial charge in [0.1, 0.15) is 12.6 Å². The lowest BCUT2D eigenvalue weighted by Crippen LogP contribution is -2.38. The maximum atomic E-state index is 12.2. The normalized spacial score (nSPS) is 12.8. The maximum absolute atomic E-state index is 12.2. The van der Waals surface area contributed by atoms with Gasteiger partial charge in [0, 0.05) is 6.54 Å². The van der Waals surface area contributed by atoms with Crippen LogP contribution in [0.5, 0.6) is 11.5 Å². The molecule has 0 aliphatic heterocycles. The average Bonchev–Trinajstić information content (AvgIpc) is 2.91. The van der Waals surface area contributed by atoms with Crippen molar-refractivity contribution >= 4 is 70.8 Å². The molecule has 0 bridgehead atoms. The van der Waals surface area contributed by atoms with Crippen molar-refractivity contribution in [3.63, 3.8) is 0 Å². The van der Waals surface area contributed by atoms with Gasteiger partial charge in [0.2, 0.25) is 26.2 Å². The van der Waals surface area contributed by atoms with Crippen LogP contribution < -0.4 is 14.7 Å². The Morgan fingerprint density at radius 2 is 1.67 bits per heavy atom. The number of hydrogen-bond acceptors (Lipinski definition) is 10. The minimum Gasteiger partial charge on any atom is -0.355 e. The molecular formula is C20H28N7O9P6S+. The number of carbonyl (C=O) groups is 1. The van der Waals surface area contributed by atoms with Gasteiger partial charge < -0.3 is 29.7 Å². The van der Waals surface area contributed by atoms with Crippen molar-refractivity contribution in [3.05, 3.63) is 59.7 Å².